The smallest absolute Gasteiger partial charge is 0.339 e. The first-order valence-corrected chi connectivity index (χ1v) is 9.23. The quantitative estimate of drug-likeness (QED) is 0.529. The SMILES string of the molecule is O=C1NN=C(c2cnccn2)/C1=C/c1cc(C(=O)OCCN2CCOCC2)c[nH]1. The van der Waals surface area contributed by atoms with Gasteiger partial charge in [-0.3, -0.25) is 19.7 Å². The third kappa shape index (κ3) is 4.55. The maximum atomic E-state index is 12.3. The van der Waals surface area contributed by atoms with E-state index in [4.69, 9.17) is 9.47 Å². The molecule has 10 heteroatoms. The molecule has 4 rings (SSSR count). The highest BCUT2D eigenvalue weighted by atomic mass is 16.5. The molecule has 150 valence electrons. The molecule has 10 nitrogen and oxygen atoms in total. The van der Waals surface area contributed by atoms with Crippen molar-refractivity contribution in [3.05, 3.63) is 53.4 Å². The first-order valence-electron chi connectivity index (χ1n) is 9.23. The van der Waals surface area contributed by atoms with E-state index in [2.05, 4.69) is 30.4 Å². The third-order valence-corrected chi connectivity index (χ3v) is 4.56. The second kappa shape index (κ2) is 8.76. The Morgan fingerprint density at radius 1 is 1.31 bits per heavy atom. The van der Waals surface area contributed by atoms with E-state index < -0.39 is 5.97 Å². The average Bonchev–Trinajstić information content (AvgIpc) is 3.37. The predicted molar refractivity (Wildman–Crippen MR) is 103 cm³/mol. The molecule has 0 aliphatic carbocycles. The summed E-state index contributed by atoms with van der Waals surface area (Å²) in [5, 5.41) is 4.02. The van der Waals surface area contributed by atoms with Crippen molar-refractivity contribution in [3.8, 4) is 0 Å². The summed E-state index contributed by atoms with van der Waals surface area (Å²) < 4.78 is 10.6. The number of hydrazone groups is 1. The number of H-pyrrole nitrogens is 1. The van der Waals surface area contributed by atoms with Gasteiger partial charge in [-0.1, -0.05) is 0 Å². The Bertz CT molecular complexity index is 947. The lowest BCUT2D eigenvalue weighted by atomic mass is 10.1. The van der Waals surface area contributed by atoms with Gasteiger partial charge in [0.1, 0.15) is 18.0 Å². The monoisotopic (exact) mass is 396 g/mol. The van der Waals surface area contributed by atoms with Gasteiger partial charge >= 0.3 is 5.97 Å². The van der Waals surface area contributed by atoms with Crippen LogP contribution in [0.3, 0.4) is 0 Å². The van der Waals surface area contributed by atoms with E-state index in [1.165, 1.54) is 12.4 Å². The molecule has 2 aromatic rings. The molecule has 29 heavy (non-hydrogen) atoms. The van der Waals surface area contributed by atoms with E-state index in [0.717, 1.165) is 13.1 Å². The third-order valence-electron chi connectivity index (χ3n) is 4.56. The van der Waals surface area contributed by atoms with Gasteiger partial charge in [-0.05, 0) is 12.1 Å². The fourth-order valence-corrected chi connectivity index (χ4v) is 3.03. The fourth-order valence-electron chi connectivity index (χ4n) is 3.03. The van der Waals surface area contributed by atoms with E-state index >= 15 is 0 Å². The van der Waals surface area contributed by atoms with E-state index in [-0.39, 0.29) is 5.91 Å². The number of carbonyl (C=O) groups excluding carboxylic acids is 2. The van der Waals surface area contributed by atoms with Gasteiger partial charge in [-0.15, -0.1) is 0 Å². The lowest BCUT2D eigenvalue weighted by molar-refractivity contribution is -0.116. The number of amides is 1. The second-order valence-electron chi connectivity index (χ2n) is 6.48. The zero-order valence-corrected chi connectivity index (χ0v) is 15.6. The van der Waals surface area contributed by atoms with Crippen LogP contribution in [0.1, 0.15) is 21.7 Å². The molecule has 1 amide bonds. The van der Waals surface area contributed by atoms with Crippen LogP contribution in [0.4, 0.5) is 0 Å². The number of nitrogens with one attached hydrogen (secondary N) is 2. The number of morpholine rings is 1. The van der Waals surface area contributed by atoms with Crippen LogP contribution in [0.5, 0.6) is 0 Å². The second-order valence-corrected chi connectivity index (χ2v) is 6.48. The van der Waals surface area contributed by atoms with Crippen LogP contribution in [0.2, 0.25) is 0 Å². The van der Waals surface area contributed by atoms with Gasteiger partial charge < -0.3 is 14.5 Å². The molecular weight excluding hydrogens is 376 g/mol. The lowest BCUT2D eigenvalue weighted by Gasteiger charge is -2.26. The predicted octanol–water partition coefficient (Wildman–Crippen LogP) is 0.211. The summed E-state index contributed by atoms with van der Waals surface area (Å²) in [6.07, 6.45) is 7.76. The standard InChI is InChI=1S/C19H20N6O4/c26-18-15(17(23-24-18)16-12-20-1-2-21-16)10-14-9-13(11-22-14)19(27)29-8-5-25-3-6-28-7-4-25/h1-2,9-12,22H,3-8H2,(H,24,26)/b15-10-. The van der Waals surface area contributed by atoms with Crippen molar-refractivity contribution in [3.63, 3.8) is 0 Å². The number of aromatic amines is 1. The number of rotatable bonds is 6. The van der Waals surface area contributed by atoms with Crippen LogP contribution in [0, 0.1) is 0 Å². The van der Waals surface area contributed by atoms with Gasteiger partial charge in [0.2, 0.25) is 0 Å². The van der Waals surface area contributed by atoms with Crippen LogP contribution < -0.4 is 5.43 Å². The molecule has 0 aromatic carbocycles. The van der Waals surface area contributed by atoms with Crippen molar-refractivity contribution < 1.29 is 19.1 Å². The lowest BCUT2D eigenvalue weighted by Crippen LogP contribution is -2.38. The summed E-state index contributed by atoms with van der Waals surface area (Å²) in [6.45, 7) is 4.09. The molecular formula is C19H20N6O4. The first-order chi connectivity index (χ1) is 14.2. The minimum absolute atomic E-state index is 0.312. The molecule has 0 radical (unpaired) electrons. The number of ether oxygens (including phenoxy) is 2. The Hall–Kier alpha value is -3.37. The van der Waals surface area contributed by atoms with Crippen LogP contribution in [0.15, 0.2) is 41.5 Å². The Balaban J connectivity index is 1.39. The molecule has 1 fully saturated rings. The highest BCUT2D eigenvalue weighted by molar-refractivity contribution is 6.32. The summed E-state index contributed by atoms with van der Waals surface area (Å²) in [6, 6.07) is 1.63. The van der Waals surface area contributed by atoms with Gasteiger partial charge in [-0.25, -0.2) is 10.2 Å². The normalized spacial score (nSPS) is 18.6. The maximum Gasteiger partial charge on any atom is 0.339 e. The topological polar surface area (TPSA) is 122 Å². The van der Waals surface area contributed by atoms with E-state index in [1.54, 1.807) is 24.5 Å². The zero-order chi connectivity index (χ0) is 20.1. The summed E-state index contributed by atoms with van der Waals surface area (Å²) >= 11 is 0. The first kappa shape index (κ1) is 19.0. The van der Waals surface area contributed by atoms with Crippen molar-refractivity contribution in [1.29, 1.82) is 0 Å². The molecule has 0 spiro atoms. The molecule has 0 saturated carbocycles. The number of nitrogens with zero attached hydrogens (tertiary/aromatic N) is 4. The van der Waals surface area contributed by atoms with Crippen LogP contribution in [-0.4, -0.2) is 76.9 Å². The zero-order valence-electron chi connectivity index (χ0n) is 15.6. The van der Waals surface area contributed by atoms with Gasteiger partial charge in [0.05, 0.1) is 30.5 Å². The molecule has 4 heterocycles. The fraction of sp³-hybridized carbons (Fsp3) is 0.316. The van der Waals surface area contributed by atoms with Crippen molar-refractivity contribution in [2.24, 2.45) is 5.10 Å². The van der Waals surface area contributed by atoms with Gasteiger partial charge in [0, 0.05) is 43.9 Å². The summed E-state index contributed by atoms with van der Waals surface area (Å²) in [5.41, 5.74) is 4.59. The van der Waals surface area contributed by atoms with Gasteiger partial charge in [0.25, 0.3) is 5.91 Å². The molecule has 1 saturated heterocycles. The number of hydrogen-bond donors (Lipinski definition) is 2. The van der Waals surface area contributed by atoms with E-state index in [1.807, 2.05) is 0 Å². The van der Waals surface area contributed by atoms with Gasteiger partial charge in [-0.2, -0.15) is 5.10 Å². The molecule has 0 unspecified atom stereocenters. The summed E-state index contributed by atoms with van der Waals surface area (Å²) in [4.78, 5) is 37.7. The maximum absolute atomic E-state index is 12.3. The Kier molecular flexibility index (Phi) is 5.73. The number of hydrogen-bond acceptors (Lipinski definition) is 8. The van der Waals surface area contributed by atoms with Crippen LogP contribution in [0.25, 0.3) is 6.08 Å². The van der Waals surface area contributed by atoms with Crippen molar-refractivity contribution in [2.45, 2.75) is 0 Å². The van der Waals surface area contributed by atoms with E-state index in [9.17, 15) is 9.59 Å². The van der Waals surface area contributed by atoms with E-state index in [0.29, 0.717) is 54.6 Å². The molecule has 2 aromatic heterocycles. The van der Waals surface area contributed by atoms with Gasteiger partial charge in [0.15, 0.2) is 0 Å². The Morgan fingerprint density at radius 2 is 2.17 bits per heavy atom. The Labute approximate surface area is 166 Å². The largest absolute Gasteiger partial charge is 0.461 e. The molecule has 2 aliphatic heterocycles. The van der Waals surface area contributed by atoms with Crippen molar-refractivity contribution in [2.75, 3.05) is 39.5 Å². The van der Waals surface area contributed by atoms with Crippen molar-refractivity contribution in [1.82, 2.24) is 25.3 Å². The number of esters is 1. The minimum Gasteiger partial charge on any atom is -0.461 e. The molecule has 2 aliphatic rings. The molecule has 2 N–H and O–H groups in total. The molecule has 0 atom stereocenters. The highest BCUT2D eigenvalue weighted by Gasteiger charge is 2.25. The van der Waals surface area contributed by atoms with Crippen LogP contribution in [-0.2, 0) is 14.3 Å². The summed E-state index contributed by atoms with van der Waals surface area (Å²) in [7, 11) is 0. The summed E-state index contributed by atoms with van der Waals surface area (Å²) in [5.74, 6) is -0.771. The molecule has 0 bridgehead atoms. The number of carbonyl (C=O) groups is 2. The van der Waals surface area contributed by atoms with Crippen molar-refractivity contribution >= 4 is 23.7 Å². The van der Waals surface area contributed by atoms with Crippen LogP contribution >= 0.6 is 0 Å². The average molecular weight is 396 g/mol. The Morgan fingerprint density at radius 3 is 2.97 bits per heavy atom. The highest BCUT2D eigenvalue weighted by Crippen LogP contribution is 2.16. The minimum atomic E-state index is -0.419. The number of aromatic nitrogens is 3.